The lowest BCUT2D eigenvalue weighted by atomic mass is 10.1. The minimum Gasteiger partial charge on any atom is -0.375 e. The van der Waals surface area contributed by atoms with E-state index in [9.17, 15) is 4.39 Å². The van der Waals surface area contributed by atoms with Crippen molar-refractivity contribution >= 4 is 49.9 Å². The van der Waals surface area contributed by atoms with Gasteiger partial charge in [-0.2, -0.15) is 4.98 Å². The molecule has 8 heteroatoms. The molecule has 2 aromatic heterocycles. The number of ether oxygens (including phenoxy) is 1. The second-order valence-electron chi connectivity index (χ2n) is 5.25. The first-order valence-corrected chi connectivity index (χ1v) is 8.42. The van der Waals surface area contributed by atoms with E-state index in [-0.39, 0.29) is 11.1 Å². The fraction of sp³-hybridized carbons (Fsp3) is 0.188. The molecule has 0 bridgehead atoms. The van der Waals surface area contributed by atoms with Gasteiger partial charge in [0.25, 0.3) is 0 Å². The molecule has 0 saturated carbocycles. The first-order chi connectivity index (χ1) is 11.6. The summed E-state index contributed by atoms with van der Waals surface area (Å²) in [6.45, 7) is 1.40. The molecule has 0 N–H and O–H groups in total. The molecule has 0 fully saturated rings. The lowest BCUT2D eigenvalue weighted by molar-refractivity contribution is 0.132. The minimum atomic E-state index is -0.390. The lowest BCUT2D eigenvalue weighted by Crippen LogP contribution is -2.22. The second-order valence-corrected chi connectivity index (χ2v) is 6.34. The zero-order valence-electron chi connectivity index (χ0n) is 12.3. The van der Waals surface area contributed by atoms with E-state index in [1.54, 1.807) is 18.3 Å². The molecule has 3 heterocycles. The third kappa shape index (κ3) is 2.62. The lowest BCUT2D eigenvalue weighted by Gasteiger charge is -2.24. The van der Waals surface area contributed by atoms with E-state index in [0.29, 0.717) is 41.1 Å². The van der Waals surface area contributed by atoms with Gasteiger partial charge in [0.15, 0.2) is 0 Å². The predicted molar refractivity (Wildman–Crippen MR) is 93.1 cm³/mol. The topological polar surface area (TPSA) is 51.1 Å². The van der Waals surface area contributed by atoms with Gasteiger partial charge >= 0.3 is 0 Å². The molecule has 1 aliphatic heterocycles. The van der Waals surface area contributed by atoms with Crippen LogP contribution in [0.2, 0.25) is 5.28 Å². The van der Waals surface area contributed by atoms with Crippen LogP contribution < -0.4 is 4.90 Å². The number of nitrogens with zero attached hydrogens (tertiary/aromatic N) is 4. The SMILES string of the molecule is Fc1cccc2nc(Cl)nc(N3CCOCc4c3ccnc4Br)c12. The highest BCUT2D eigenvalue weighted by molar-refractivity contribution is 9.10. The van der Waals surface area contributed by atoms with Gasteiger partial charge in [-0.15, -0.1) is 0 Å². The Kier molecular flexibility index (Phi) is 4.07. The summed E-state index contributed by atoms with van der Waals surface area (Å²) in [5.74, 6) is 0.0342. The van der Waals surface area contributed by atoms with Crippen LogP contribution in [0, 0.1) is 5.82 Å². The maximum Gasteiger partial charge on any atom is 0.224 e. The van der Waals surface area contributed by atoms with E-state index >= 15 is 0 Å². The van der Waals surface area contributed by atoms with Gasteiger partial charge in [-0.25, -0.2) is 14.4 Å². The number of fused-ring (bicyclic) bond motifs is 2. The summed E-state index contributed by atoms with van der Waals surface area (Å²) in [4.78, 5) is 14.6. The molecule has 4 rings (SSSR count). The van der Waals surface area contributed by atoms with E-state index in [4.69, 9.17) is 16.3 Å². The molecule has 0 atom stereocenters. The Balaban J connectivity index is 2.00. The molecule has 24 heavy (non-hydrogen) atoms. The van der Waals surface area contributed by atoms with Gasteiger partial charge in [0.1, 0.15) is 16.2 Å². The monoisotopic (exact) mass is 408 g/mol. The molecular formula is C16H11BrClFN4O. The van der Waals surface area contributed by atoms with Gasteiger partial charge in [-0.1, -0.05) is 6.07 Å². The van der Waals surface area contributed by atoms with Gasteiger partial charge in [0.2, 0.25) is 5.28 Å². The summed E-state index contributed by atoms with van der Waals surface area (Å²) < 4.78 is 20.8. The summed E-state index contributed by atoms with van der Waals surface area (Å²) in [6, 6.07) is 6.57. The number of hydrogen-bond donors (Lipinski definition) is 0. The standard InChI is InChI=1S/C16H11BrClFN4O/c17-14-9-8-24-7-6-23(12(9)4-5-20-14)15-13-10(19)2-1-3-11(13)21-16(18)22-15/h1-5H,6-8H2. The fourth-order valence-electron chi connectivity index (χ4n) is 2.80. The van der Waals surface area contributed by atoms with Crippen LogP contribution in [-0.4, -0.2) is 28.1 Å². The maximum absolute atomic E-state index is 14.5. The van der Waals surface area contributed by atoms with Crippen LogP contribution in [-0.2, 0) is 11.3 Å². The molecule has 1 aromatic carbocycles. The first kappa shape index (κ1) is 15.7. The zero-order valence-corrected chi connectivity index (χ0v) is 14.7. The molecule has 0 saturated heterocycles. The molecular weight excluding hydrogens is 399 g/mol. The van der Waals surface area contributed by atoms with Crippen molar-refractivity contribution in [2.75, 3.05) is 18.1 Å². The Morgan fingerprint density at radius 3 is 3.00 bits per heavy atom. The van der Waals surface area contributed by atoms with Gasteiger partial charge in [-0.05, 0) is 45.7 Å². The number of aromatic nitrogens is 3. The number of halogens is 3. The quantitative estimate of drug-likeness (QED) is 0.444. The van der Waals surface area contributed by atoms with Crippen LogP contribution in [0.15, 0.2) is 35.1 Å². The average molecular weight is 410 g/mol. The minimum absolute atomic E-state index is 0.0722. The number of hydrogen-bond acceptors (Lipinski definition) is 5. The molecule has 5 nitrogen and oxygen atoms in total. The van der Waals surface area contributed by atoms with Gasteiger partial charge in [0, 0.05) is 18.3 Å². The largest absolute Gasteiger partial charge is 0.375 e. The van der Waals surface area contributed by atoms with Crippen molar-refractivity contribution in [1.82, 2.24) is 15.0 Å². The zero-order chi connectivity index (χ0) is 16.7. The second kappa shape index (κ2) is 6.23. The van der Waals surface area contributed by atoms with Crippen LogP contribution in [0.3, 0.4) is 0 Å². The van der Waals surface area contributed by atoms with E-state index in [2.05, 4.69) is 30.9 Å². The Labute approximate surface area is 150 Å². The highest BCUT2D eigenvalue weighted by Crippen LogP contribution is 2.37. The number of rotatable bonds is 1. The molecule has 0 spiro atoms. The first-order valence-electron chi connectivity index (χ1n) is 7.25. The van der Waals surface area contributed by atoms with Crippen molar-refractivity contribution in [3.05, 3.63) is 51.7 Å². The van der Waals surface area contributed by atoms with Crippen molar-refractivity contribution in [3.8, 4) is 0 Å². The average Bonchev–Trinajstić information content (AvgIpc) is 2.77. The van der Waals surface area contributed by atoms with E-state index < -0.39 is 0 Å². The third-order valence-electron chi connectivity index (χ3n) is 3.86. The molecule has 0 unspecified atom stereocenters. The van der Waals surface area contributed by atoms with Crippen LogP contribution in [0.4, 0.5) is 15.9 Å². The summed E-state index contributed by atoms with van der Waals surface area (Å²) in [6.07, 6.45) is 1.68. The number of benzene rings is 1. The summed E-state index contributed by atoms with van der Waals surface area (Å²) in [7, 11) is 0. The van der Waals surface area contributed by atoms with Crippen LogP contribution in [0.5, 0.6) is 0 Å². The van der Waals surface area contributed by atoms with Crippen LogP contribution >= 0.6 is 27.5 Å². The normalized spacial score (nSPS) is 14.5. The van der Waals surface area contributed by atoms with Crippen molar-refractivity contribution in [1.29, 1.82) is 0 Å². The van der Waals surface area contributed by atoms with Gasteiger partial charge in [0.05, 0.1) is 29.8 Å². The van der Waals surface area contributed by atoms with Crippen molar-refractivity contribution in [3.63, 3.8) is 0 Å². The van der Waals surface area contributed by atoms with Crippen molar-refractivity contribution in [2.45, 2.75) is 6.61 Å². The van der Waals surface area contributed by atoms with Gasteiger partial charge < -0.3 is 9.64 Å². The maximum atomic E-state index is 14.5. The smallest absolute Gasteiger partial charge is 0.224 e. The van der Waals surface area contributed by atoms with E-state index in [0.717, 1.165) is 11.3 Å². The molecule has 0 aliphatic carbocycles. The van der Waals surface area contributed by atoms with Crippen molar-refractivity contribution in [2.24, 2.45) is 0 Å². The van der Waals surface area contributed by atoms with E-state index in [1.165, 1.54) is 6.07 Å². The van der Waals surface area contributed by atoms with Gasteiger partial charge in [-0.3, -0.25) is 0 Å². The highest BCUT2D eigenvalue weighted by atomic mass is 79.9. The Morgan fingerprint density at radius 1 is 1.25 bits per heavy atom. The number of anilines is 2. The van der Waals surface area contributed by atoms with E-state index in [1.807, 2.05) is 11.0 Å². The van der Waals surface area contributed by atoms with Crippen LogP contribution in [0.1, 0.15) is 5.56 Å². The molecule has 122 valence electrons. The molecule has 3 aromatic rings. The Morgan fingerprint density at radius 2 is 2.12 bits per heavy atom. The fourth-order valence-corrected chi connectivity index (χ4v) is 3.41. The molecule has 0 amide bonds. The van der Waals surface area contributed by atoms with Crippen molar-refractivity contribution < 1.29 is 9.13 Å². The number of pyridine rings is 1. The Hall–Kier alpha value is -1.83. The predicted octanol–water partition coefficient (Wildman–Crippen LogP) is 4.25. The summed E-state index contributed by atoms with van der Waals surface area (Å²) >= 11 is 9.52. The summed E-state index contributed by atoms with van der Waals surface area (Å²) in [5.41, 5.74) is 2.20. The highest BCUT2D eigenvalue weighted by Gasteiger charge is 2.24. The molecule has 1 aliphatic rings. The van der Waals surface area contributed by atoms with Crippen LogP contribution in [0.25, 0.3) is 10.9 Å². The summed E-state index contributed by atoms with van der Waals surface area (Å²) in [5, 5.41) is 0.408. The Bertz CT molecular complexity index is 939. The third-order valence-corrected chi connectivity index (χ3v) is 4.71. The molecule has 0 radical (unpaired) electrons.